The van der Waals surface area contributed by atoms with Gasteiger partial charge in [0.1, 0.15) is 6.54 Å². The molecule has 0 heterocycles. The minimum Gasteiger partial charge on any atom is -0.465 e. The van der Waals surface area contributed by atoms with Crippen LogP contribution in [-0.4, -0.2) is 52.6 Å². The van der Waals surface area contributed by atoms with Gasteiger partial charge in [0.2, 0.25) is 7.36 Å². The fraction of sp³-hybridized carbons (Fsp3) is 0.778. The highest BCUT2D eigenvalue weighted by atomic mass is 32.4. The molecule has 0 aromatic rings. The normalized spacial score (nSPS) is 12.3. The molecule has 0 aromatic carbocycles. The van der Waals surface area contributed by atoms with Crippen molar-refractivity contribution in [2.75, 3.05) is 25.7 Å². The van der Waals surface area contributed by atoms with E-state index in [1.807, 2.05) is 0 Å². The maximum absolute atomic E-state index is 12.7. The largest absolute Gasteiger partial charge is 0.471 e. The van der Waals surface area contributed by atoms with Crippen molar-refractivity contribution in [3.05, 3.63) is 0 Å². The van der Waals surface area contributed by atoms with E-state index in [9.17, 15) is 22.8 Å². The average molecular weight is 368 g/mol. The highest BCUT2D eigenvalue weighted by Crippen LogP contribution is 2.47. The summed E-state index contributed by atoms with van der Waals surface area (Å²) in [6, 6.07) is 0. The third-order valence-electron chi connectivity index (χ3n) is 2.12. The van der Waals surface area contributed by atoms with Crippen LogP contribution < -0.4 is 0 Å². The lowest BCUT2D eigenvalue weighted by Gasteiger charge is -2.32. The lowest BCUT2D eigenvalue weighted by atomic mass is 10.4. The highest BCUT2D eigenvalue weighted by molar-refractivity contribution is 8.27. The van der Waals surface area contributed by atoms with E-state index in [-0.39, 0.29) is 6.61 Å². The minimum atomic E-state index is -5.07. The monoisotopic (exact) mass is 368 g/mol. The van der Waals surface area contributed by atoms with E-state index in [0.29, 0.717) is 4.90 Å². The first kappa shape index (κ1) is 19.9. The molecule has 0 bridgehead atoms. The average Bonchev–Trinajstić information content (AvgIpc) is 2.38. The third kappa shape index (κ3) is 5.05. The van der Waals surface area contributed by atoms with Crippen LogP contribution in [0.3, 0.4) is 0 Å². The topological polar surface area (TPSA) is 46.6 Å². The van der Waals surface area contributed by atoms with E-state index in [2.05, 4.69) is 4.74 Å². The second-order valence-corrected chi connectivity index (χ2v) is 7.81. The van der Waals surface area contributed by atoms with Crippen LogP contribution in [0, 0.1) is 0 Å². The Labute approximate surface area is 130 Å². The fourth-order valence-corrected chi connectivity index (χ4v) is 5.43. The van der Waals surface area contributed by atoms with Gasteiger partial charge in [0.05, 0.1) is 6.61 Å². The zero-order chi connectivity index (χ0) is 16.0. The van der Waals surface area contributed by atoms with Gasteiger partial charge in [0, 0.05) is 0 Å². The second kappa shape index (κ2) is 8.41. The Bertz CT molecular complexity index is 377. The number of esters is 1. The lowest BCUT2D eigenvalue weighted by molar-refractivity contribution is -0.187. The first-order valence-corrected chi connectivity index (χ1v) is 9.80. The molecule has 0 N–H and O–H groups in total. The Hall–Kier alpha value is -0.0500. The minimum absolute atomic E-state index is 0.0224. The highest BCUT2D eigenvalue weighted by Gasteiger charge is 2.54. The molecule has 0 saturated heterocycles. The van der Waals surface area contributed by atoms with Crippen molar-refractivity contribution in [3.63, 3.8) is 0 Å². The number of carbonyl (C=O) groups excluding carboxylic acids is 2. The van der Waals surface area contributed by atoms with Gasteiger partial charge in [-0.05, 0) is 19.4 Å². The van der Waals surface area contributed by atoms with Crippen molar-refractivity contribution in [1.82, 2.24) is 4.90 Å². The van der Waals surface area contributed by atoms with Crippen molar-refractivity contribution in [2.45, 2.75) is 17.0 Å². The van der Waals surface area contributed by atoms with E-state index in [0.717, 1.165) is 23.5 Å². The summed E-state index contributed by atoms with van der Waals surface area (Å²) in [5.41, 5.74) is 0. The molecular formula is C9H14F3NO3PS3+. The number of rotatable bonds is 7. The number of halogens is 3. The molecule has 4 nitrogen and oxygen atoms in total. The van der Waals surface area contributed by atoms with Gasteiger partial charge in [-0.1, -0.05) is 23.5 Å². The molecule has 1 atom stereocenters. The van der Waals surface area contributed by atoms with Gasteiger partial charge in [-0.25, -0.2) is 0 Å². The quantitative estimate of drug-likeness (QED) is 0.391. The fourth-order valence-electron chi connectivity index (χ4n) is 1.24. The van der Waals surface area contributed by atoms with Crippen molar-refractivity contribution >= 4 is 54.6 Å². The standard InChI is InChI=1S/C9H13F3NO3PS3/c1-4-16-6(14)5-13(7(15)8(10,11)12)9(17-18,19-2)20-3/h4-5H2,1-3H3/p+1. The molecule has 0 aromatic heterocycles. The third-order valence-corrected chi connectivity index (χ3v) is 8.69. The zero-order valence-electron chi connectivity index (χ0n) is 10.9. The van der Waals surface area contributed by atoms with Crippen LogP contribution in [0.25, 0.3) is 0 Å². The van der Waals surface area contributed by atoms with E-state index >= 15 is 0 Å². The number of alkyl halides is 3. The summed E-state index contributed by atoms with van der Waals surface area (Å²) in [7, 11) is -0.420. The Morgan fingerprint density at radius 1 is 1.30 bits per heavy atom. The summed E-state index contributed by atoms with van der Waals surface area (Å²) in [6.45, 7) is 0.769. The number of amides is 1. The Morgan fingerprint density at radius 3 is 2.10 bits per heavy atom. The summed E-state index contributed by atoms with van der Waals surface area (Å²) >= 11 is 6.89. The van der Waals surface area contributed by atoms with Gasteiger partial charge in [-0.2, -0.15) is 13.2 Å². The van der Waals surface area contributed by atoms with E-state index in [1.54, 1.807) is 0 Å². The van der Waals surface area contributed by atoms with Crippen LogP contribution in [-0.2, 0) is 26.1 Å². The molecule has 11 heteroatoms. The summed E-state index contributed by atoms with van der Waals surface area (Å²) in [5, 5.41) is 0. The van der Waals surface area contributed by atoms with Gasteiger partial charge in [-0.15, -0.1) is 0 Å². The Morgan fingerprint density at radius 2 is 1.80 bits per heavy atom. The number of hydrogen-bond donors (Lipinski definition) is 0. The van der Waals surface area contributed by atoms with Crippen LogP contribution in [0.1, 0.15) is 6.92 Å². The number of hydrogen-bond acceptors (Lipinski definition) is 6. The molecule has 0 aliphatic rings. The molecule has 1 amide bonds. The van der Waals surface area contributed by atoms with Gasteiger partial charge in [-0.3, -0.25) is 14.5 Å². The molecule has 0 aliphatic carbocycles. The molecule has 0 rings (SSSR count). The van der Waals surface area contributed by atoms with Crippen molar-refractivity contribution < 1.29 is 27.5 Å². The van der Waals surface area contributed by atoms with E-state index in [4.69, 9.17) is 11.8 Å². The SMILES string of the molecule is CCOC(=O)CN(C(=O)C(F)(F)F)C([PH+]=S)(SC)SC. The number of nitrogens with zero attached hydrogens (tertiary/aromatic N) is 1. The molecule has 0 saturated carbocycles. The van der Waals surface area contributed by atoms with Crippen LogP contribution >= 0.6 is 30.9 Å². The van der Waals surface area contributed by atoms with E-state index in [1.165, 1.54) is 19.4 Å². The number of thioether (sulfide) groups is 2. The van der Waals surface area contributed by atoms with Crippen molar-refractivity contribution in [1.29, 1.82) is 0 Å². The van der Waals surface area contributed by atoms with E-state index < -0.39 is 35.9 Å². The van der Waals surface area contributed by atoms with Gasteiger partial charge in [0.25, 0.3) is 0 Å². The smallest absolute Gasteiger partial charge is 0.465 e. The number of ether oxygens (including phenoxy) is 1. The maximum atomic E-state index is 12.7. The molecule has 20 heavy (non-hydrogen) atoms. The van der Waals surface area contributed by atoms with Crippen molar-refractivity contribution in [2.24, 2.45) is 0 Å². The molecule has 0 radical (unpaired) electrons. The van der Waals surface area contributed by atoms with Gasteiger partial charge >= 0.3 is 22.0 Å². The van der Waals surface area contributed by atoms with Crippen LogP contribution in [0.5, 0.6) is 0 Å². The molecule has 1 unspecified atom stereocenters. The molecule has 0 aliphatic heterocycles. The zero-order valence-corrected chi connectivity index (χ0v) is 14.4. The molecule has 0 spiro atoms. The lowest BCUT2D eigenvalue weighted by Crippen LogP contribution is -2.51. The summed E-state index contributed by atoms with van der Waals surface area (Å²) < 4.78 is 41.3. The Balaban J connectivity index is 5.51. The van der Waals surface area contributed by atoms with Gasteiger partial charge in [0.15, 0.2) is 11.8 Å². The Kier molecular flexibility index (Phi) is 8.39. The van der Waals surface area contributed by atoms with Crippen LogP contribution in [0.15, 0.2) is 0 Å². The summed E-state index contributed by atoms with van der Waals surface area (Å²) in [5.74, 6) is -2.99. The van der Waals surface area contributed by atoms with Gasteiger partial charge < -0.3 is 4.74 Å². The molecular weight excluding hydrogens is 354 g/mol. The molecule has 0 fully saturated rings. The predicted molar refractivity (Wildman–Crippen MR) is 79.8 cm³/mol. The molecule has 116 valence electrons. The van der Waals surface area contributed by atoms with Crippen LogP contribution in [0.4, 0.5) is 13.2 Å². The summed E-state index contributed by atoms with van der Waals surface area (Å²) in [6.07, 6.45) is -1.99. The number of carbonyl (C=O) groups is 2. The second-order valence-electron chi connectivity index (χ2n) is 3.29. The first-order valence-electron chi connectivity index (χ1n) is 5.22. The maximum Gasteiger partial charge on any atom is 0.471 e. The van der Waals surface area contributed by atoms with Crippen molar-refractivity contribution in [3.8, 4) is 0 Å². The van der Waals surface area contributed by atoms with Crippen LogP contribution in [0.2, 0.25) is 0 Å². The summed E-state index contributed by atoms with van der Waals surface area (Å²) in [4.78, 5) is 23.4. The predicted octanol–water partition coefficient (Wildman–Crippen LogP) is 2.42. The first-order chi connectivity index (χ1) is 9.18.